The van der Waals surface area contributed by atoms with E-state index in [0.717, 1.165) is 21.8 Å². The molecule has 0 heterocycles. The molecule has 0 spiro atoms. The number of hydrogen-bond acceptors (Lipinski definition) is 0. The first-order chi connectivity index (χ1) is 9.11. The average molecular weight is 451 g/mol. The quantitative estimate of drug-likeness (QED) is 0.496. The zero-order chi connectivity index (χ0) is 13.8. The zero-order valence-corrected chi connectivity index (χ0v) is 14.8. The highest BCUT2D eigenvalue weighted by Crippen LogP contribution is 2.29. The van der Waals surface area contributed by atoms with Gasteiger partial charge in [-0.15, -0.1) is 0 Å². The second kappa shape index (κ2) is 7.00. The lowest BCUT2D eigenvalue weighted by Crippen LogP contribution is -2.05. The minimum absolute atomic E-state index is 0.207. The highest BCUT2D eigenvalue weighted by atomic mass is 79.9. The van der Waals surface area contributed by atoms with E-state index in [1.54, 1.807) is 6.07 Å². The van der Waals surface area contributed by atoms with Gasteiger partial charge in [-0.05, 0) is 57.6 Å². The molecular formula is C15H12Br3F. The Morgan fingerprint density at radius 2 is 1.68 bits per heavy atom. The molecule has 0 nitrogen and oxygen atoms in total. The van der Waals surface area contributed by atoms with Crippen molar-refractivity contribution in [2.75, 3.05) is 5.33 Å². The summed E-state index contributed by atoms with van der Waals surface area (Å²) in [7, 11) is 0. The molecular weight excluding hydrogens is 439 g/mol. The topological polar surface area (TPSA) is 0 Å². The second-order valence-corrected chi connectivity index (χ2v) is 6.68. The van der Waals surface area contributed by atoms with Crippen LogP contribution in [0.2, 0.25) is 0 Å². The molecule has 2 aromatic rings. The van der Waals surface area contributed by atoms with Crippen molar-refractivity contribution in [3.8, 4) is 0 Å². The van der Waals surface area contributed by atoms with Gasteiger partial charge >= 0.3 is 0 Å². The fraction of sp³-hybridized carbons (Fsp3) is 0.200. The molecule has 0 aliphatic carbocycles. The van der Waals surface area contributed by atoms with E-state index in [9.17, 15) is 4.39 Å². The van der Waals surface area contributed by atoms with Crippen molar-refractivity contribution in [1.82, 2.24) is 0 Å². The predicted octanol–water partition coefficient (Wildman–Crippen LogP) is 6.07. The molecule has 0 saturated heterocycles. The molecule has 0 radical (unpaired) electrons. The SMILES string of the molecule is Fc1cccc(CC(CBr)c2ccc(Br)cc2)c1Br. The van der Waals surface area contributed by atoms with Crippen molar-refractivity contribution >= 4 is 47.8 Å². The van der Waals surface area contributed by atoms with Gasteiger partial charge in [0.15, 0.2) is 0 Å². The molecule has 19 heavy (non-hydrogen) atoms. The highest BCUT2D eigenvalue weighted by Gasteiger charge is 2.14. The molecule has 100 valence electrons. The van der Waals surface area contributed by atoms with E-state index in [0.29, 0.717) is 10.4 Å². The maximum Gasteiger partial charge on any atom is 0.137 e. The van der Waals surface area contributed by atoms with E-state index in [1.165, 1.54) is 11.6 Å². The number of benzene rings is 2. The maximum absolute atomic E-state index is 13.5. The molecule has 0 fully saturated rings. The summed E-state index contributed by atoms with van der Waals surface area (Å²) < 4.78 is 15.2. The number of rotatable bonds is 4. The summed E-state index contributed by atoms with van der Waals surface area (Å²) >= 11 is 10.3. The van der Waals surface area contributed by atoms with Gasteiger partial charge in [-0.2, -0.15) is 0 Å². The van der Waals surface area contributed by atoms with E-state index >= 15 is 0 Å². The first-order valence-corrected chi connectivity index (χ1v) is 8.57. The van der Waals surface area contributed by atoms with Crippen molar-refractivity contribution in [3.63, 3.8) is 0 Å². The Morgan fingerprint density at radius 1 is 1.00 bits per heavy atom. The first kappa shape index (κ1) is 15.2. The second-order valence-electron chi connectivity index (χ2n) is 4.32. The third-order valence-corrected chi connectivity index (χ3v) is 5.22. The molecule has 2 rings (SSSR count). The van der Waals surface area contributed by atoms with Crippen LogP contribution in [0.25, 0.3) is 0 Å². The van der Waals surface area contributed by atoms with E-state index in [-0.39, 0.29) is 5.82 Å². The van der Waals surface area contributed by atoms with Gasteiger partial charge < -0.3 is 0 Å². The molecule has 0 bridgehead atoms. The van der Waals surface area contributed by atoms with Crippen LogP contribution in [-0.4, -0.2) is 5.33 Å². The Balaban J connectivity index is 2.24. The molecule has 0 aliphatic rings. The van der Waals surface area contributed by atoms with Gasteiger partial charge in [0.2, 0.25) is 0 Å². The van der Waals surface area contributed by atoms with E-state index in [4.69, 9.17) is 0 Å². The molecule has 2 aromatic carbocycles. The summed E-state index contributed by atoms with van der Waals surface area (Å²) in [5, 5.41) is 0.845. The largest absolute Gasteiger partial charge is 0.206 e. The Hall–Kier alpha value is -0.190. The average Bonchev–Trinajstić information content (AvgIpc) is 2.42. The summed E-state index contributed by atoms with van der Waals surface area (Å²) in [6.07, 6.45) is 0.797. The van der Waals surface area contributed by atoms with E-state index in [1.807, 2.05) is 18.2 Å². The van der Waals surface area contributed by atoms with E-state index < -0.39 is 0 Å². The van der Waals surface area contributed by atoms with Crippen LogP contribution >= 0.6 is 47.8 Å². The van der Waals surface area contributed by atoms with Crippen LogP contribution in [0.1, 0.15) is 17.0 Å². The van der Waals surface area contributed by atoms with Crippen LogP contribution in [0.3, 0.4) is 0 Å². The van der Waals surface area contributed by atoms with Crippen LogP contribution in [0, 0.1) is 5.82 Å². The lowest BCUT2D eigenvalue weighted by atomic mass is 9.94. The van der Waals surface area contributed by atoms with Crippen molar-refractivity contribution < 1.29 is 4.39 Å². The van der Waals surface area contributed by atoms with Gasteiger partial charge in [-0.1, -0.05) is 56.1 Å². The summed E-state index contributed by atoms with van der Waals surface area (Å²) in [5.41, 5.74) is 2.24. The molecule has 0 aromatic heterocycles. The van der Waals surface area contributed by atoms with Gasteiger partial charge in [0.25, 0.3) is 0 Å². The van der Waals surface area contributed by atoms with Gasteiger partial charge in [0, 0.05) is 9.80 Å². The maximum atomic E-state index is 13.5. The molecule has 1 atom stereocenters. The molecule has 1 unspecified atom stereocenters. The number of halogens is 4. The predicted molar refractivity (Wildman–Crippen MR) is 88.5 cm³/mol. The zero-order valence-electron chi connectivity index (χ0n) is 10.0. The van der Waals surface area contributed by atoms with Gasteiger partial charge in [0.1, 0.15) is 5.82 Å². The lowest BCUT2D eigenvalue weighted by Gasteiger charge is -2.16. The first-order valence-electron chi connectivity index (χ1n) is 5.86. The summed E-state index contributed by atoms with van der Waals surface area (Å²) in [6, 6.07) is 13.4. The Morgan fingerprint density at radius 3 is 2.32 bits per heavy atom. The van der Waals surface area contributed by atoms with Gasteiger partial charge in [-0.3, -0.25) is 0 Å². The smallest absolute Gasteiger partial charge is 0.137 e. The third kappa shape index (κ3) is 3.89. The van der Waals surface area contributed by atoms with Crippen molar-refractivity contribution in [3.05, 3.63) is 68.4 Å². The minimum Gasteiger partial charge on any atom is -0.206 e. The van der Waals surface area contributed by atoms with Gasteiger partial charge in [0.05, 0.1) is 4.47 Å². The molecule has 0 saturated carbocycles. The normalized spacial score (nSPS) is 12.4. The number of alkyl halides is 1. The Labute approximate surface area is 137 Å². The summed E-state index contributed by atoms with van der Waals surface area (Å²) in [4.78, 5) is 0. The Bertz CT molecular complexity index is 552. The standard InChI is InChI=1S/C15H12Br3F/c16-9-12(10-4-6-13(17)7-5-10)8-11-2-1-3-14(19)15(11)18/h1-7,12H,8-9H2. The molecule has 0 aliphatic heterocycles. The highest BCUT2D eigenvalue weighted by molar-refractivity contribution is 9.10. The fourth-order valence-electron chi connectivity index (χ4n) is 1.97. The summed E-state index contributed by atoms with van der Waals surface area (Å²) in [5.74, 6) is 0.118. The van der Waals surface area contributed by atoms with Crippen molar-refractivity contribution in [2.45, 2.75) is 12.3 Å². The molecule has 0 amide bonds. The molecule has 4 heteroatoms. The van der Waals surface area contributed by atoms with Crippen LogP contribution in [0.4, 0.5) is 4.39 Å². The van der Waals surface area contributed by atoms with Crippen molar-refractivity contribution in [2.24, 2.45) is 0 Å². The Kier molecular flexibility index (Phi) is 5.60. The molecule has 0 N–H and O–H groups in total. The van der Waals surface area contributed by atoms with Crippen LogP contribution in [-0.2, 0) is 6.42 Å². The minimum atomic E-state index is -0.207. The van der Waals surface area contributed by atoms with Crippen LogP contribution in [0.5, 0.6) is 0 Å². The fourth-order valence-corrected chi connectivity index (χ4v) is 3.26. The van der Waals surface area contributed by atoms with Crippen LogP contribution in [0.15, 0.2) is 51.4 Å². The number of hydrogen-bond donors (Lipinski definition) is 0. The monoisotopic (exact) mass is 448 g/mol. The van der Waals surface area contributed by atoms with E-state index in [2.05, 4.69) is 59.9 Å². The van der Waals surface area contributed by atoms with Crippen molar-refractivity contribution in [1.29, 1.82) is 0 Å². The lowest BCUT2D eigenvalue weighted by molar-refractivity contribution is 0.616. The third-order valence-electron chi connectivity index (χ3n) is 3.03. The summed E-state index contributed by atoms with van der Waals surface area (Å²) in [6.45, 7) is 0. The van der Waals surface area contributed by atoms with Gasteiger partial charge in [-0.25, -0.2) is 4.39 Å². The van der Waals surface area contributed by atoms with Crippen LogP contribution < -0.4 is 0 Å².